The van der Waals surface area contributed by atoms with Gasteiger partial charge in [0.15, 0.2) is 0 Å². The quantitative estimate of drug-likeness (QED) is 0.821. The van der Waals surface area contributed by atoms with Crippen LogP contribution in [-0.4, -0.2) is 63.8 Å². The number of hydrogen-bond donors (Lipinski definition) is 1. The number of benzene rings is 1. The summed E-state index contributed by atoms with van der Waals surface area (Å²) in [5.74, 6) is -0.855. The number of sulfonamides is 1. The number of carbonyl (C=O) groups excluding carboxylic acids is 1. The Kier molecular flexibility index (Phi) is 6.31. The van der Waals surface area contributed by atoms with Gasteiger partial charge in [0.25, 0.3) is 0 Å². The lowest BCUT2D eigenvalue weighted by atomic mass is 9.98. The normalized spacial score (nSPS) is 19.2. The van der Waals surface area contributed by atoms with E-state index in [1.807, 2.05) is 7.05 Å². The highest BCUT2D eigenvalue weighted by Crippen LogP contribution is 2.25. The van der Waals surface area contributed by atoms with Gasteiger partial charge in [0.05, 0.1) is 10.8 Å². The highest BCUT2D eigenvalue weighted by Gasteiger charge is 2.34. The van der Waals surface area contributed by atoms with E-state index in [-0.39, 0.29) is 23.3 Å². The largest absolute Gasteiger partial charge is 0.344 e. The molecule has 2 rings (SSSR count). The summed E-state index contributed by atoms with van der Waals surface area (Å²) < 4.78 is 39.7. The van der Waals surface area contributed by atoms with Gasteiger partial charge in [0.1, 0.15) is 5.82 Å². The van der Waals surface area contributed by atoms with E-state index in [9.17, 15) is 17.6 Å². The molecule has 24 heavy (non-hydrogen) atoms. The molecule has 0 aliphatic carbocycles. The Labute approximate surface area is 142 Å². The lowest BCUT2D eigenvalue weighted by molar-refractivity contribution is -0.135. The summed E-state index contributed by atoms with van der Waals surface area (Å²) >= 11 is 0. The summed E-state index contributed by atoms with van der Waals surface area (Å²) in [6.07, 6.45) is 1.31. The van der Waals surface area contributed by atoms with Gasteiger partial charge in [-0.25, -0.2) is 12.8 Å². The number of nitrogens with zero attached hydrogens (tertiary/aromatic N) is 2. The standard InChI is InChI=1S/C16H24FN3O3S/c1-18-9-11-19(2)16(21)13-4-3-10-20(12-13)24(22,23)15-7-5-14(17)6-8-15/h5-8,13,18H,3-4,9-12H2,1-2H3. The molecule has 8 heteroatoms. The molecule has 1 atom stereocenters. The monoisotopic (exact) mass is 357 g/mol. The Morgan fingerprint density at radius 2 is 2.04 bits per heavy atom. The minimum atomic E-state index is -3.70. The van der Waals surface area contributed by atoms with Crippen LogP contribution < -0.4 is 5.32 Å². The number of halogens is 1. The number of hydrogen-bond acceptors (Lipinski definition) is 4. The molecule has 1 N–H and O–H groups in total. The molecule has 0 bridgehead atoms. The zero-order valence-corrected chi connectivity index (χ0v) is 14.9. The van der Waals surface area contributed by atoms with E-state index in [0.29, 0.717) is 32.5 Å². The van der Waals surface area contributed by atoms with E-state index in [1.165, 1.54) is 16.4 Å². The van der Waals surface area contributed by atoms with Crippen LogP contribution in [0.25, 0.3) is 0 Å². The van der Waals surface area contributed by atoms with Crippen molar-refractivity contribution in [3.63, 3.8) is 0 Å². The first-order valence-electron chi connectivity index (χ1n) is 8.01. The molecule has 1 aromatic carbocycles. The van der Waals surface area contributed by atoms with E-state index < -0.39 is 15.8 Å². The number of amides is 1. The van der Waals surface area contributed by atoms with Crippen molar-refractivity contribution in [2.45, 2.75) is 17.7 Å². The minimum absolute atomic E-state index is 0.0377. The first-order valence-corrected chi connectivity index (χ1v) is 9.45. The van der Waals surface area contributed by atoms with E-state index in [2.05, 4.69) is 5.32 Å². The van der Waals surface area contributed by atoms with Gasteiger partial charge < -0.3 is 10.2 Å². The van der Waals surface area contributed by atoms with E-state index in [1.54, 1.807) is 11.9 Å². The summed E-state index contributed by atoms with van der Waals surface area (Å²) in [6, 6.07) is 4.78. The molecule has 1 aromatic rings. The van der Waals surface area contributed by atoms with Crippen molar-refractivity contribution < 1.29 is 17.6 Å². The predicted molar refractivity (Wildman–Crippen MR) is 89.4 cm³/mol. The predicted octanol–water partition coefficient (Wildman–Crippen LogP) is 0.904. The average Bonchev–Trinajstić information content (AvgIpc) is 2.59. The lowest BCUT2D eigenvalue weighted by Gasteiger charge is -2.33. The van der Waals surface area contributed by atoms with Gasteiger partial charge >= 0.3 is 0 Å². The van der Waals surface area contributed by atoms with Gasteiger partial charge in [-0.05, 0) is 44.2 Å². The molecule has 0 aromatic heterocycles. The number of likely N-dealkylation sites (N-methyl/N-ethyl adjacent to an activating group) is 2. The SMILES string of the molecule is CNCCN(C)C(=O)C1CCCN(S(=O)(=O)c2ccc(F)cc2)C1. The first-order chi connectivity index (χ1) is 11.4. The maximum Gasteiger partial charge on any atom is 0.243 e. The fourth-order valence-corrected chi connectivity index (χ4v) is 4.34. The van der Waals surface area contributed by atoms with Crippen LogP contribution in [-0.2, 0) is 14.8 Å². The number of nitrogens with one attached hydrogen (secondary N) is 1. The smallest absolute Gasteiger partial charge is 0.243 e. The zero-order chi connectivity index (χ0) is 17.7. The fraction of sp³-hybridized carbons (Fsp3) is 0.562. The Bertz CT molecular complexity index is 664. The maximum absolute atomic E-state index is 13.0. The molecule has 1 heterocycles. The molecule has 1 fully saturated rings. The molecule has 0 radical (unpaired) electrons. The molecular weight excluding hydrogens is 333 g/mol. The van der Waals surface area contributed by atoms with Crippen molar-refractivity contribution in [1.29, 1.82) is 0 Å². The van der Waals surface area contributed by atoms with E-state index in [4.69, 9.17) is 0 Å². The van der Waals surface area contributed by atoms with Crippen LogP contribution in [0.2, 0.25) is 0 Å². The number of carbonyl (C=O) groups is 1. The van der Waals surface area contributed by atoms with Gasteiger partial charge in [-0.1, -0.05) is 0 Å². The topological polar surface area (TPSA) is 69.7 Å². The second kappa shape index (κ2) is 8.04. The molecule has 1 unspecified atom stereocenters. The average molecular weight is 357 g/mol. The first kappa shape index (κ1) is 18.8. The van der Waals surface area contributed by atoms with Crippen molar-refractivity contribution >= 4 is 15.9 Å². The molecule has 1 saturated heterocycles. The van der Waals surface area contributed by atoms with Crippen molar-refractivity contribution in [2.24, 2.45) is 5.92 Å². The van der Waals surface area contributed by atoms with Crippen LogP contribution in [0.3, 0.4) is 0 Å². The summed E-state index contributed by atoms with van der Waals surface area (Å²) in [5, 5.41) is 2.98. The van der Waals surface area contributed by atoms with Gasteiger partial charge in [0.2, 0.25) is 15.9 Å². The summed E-state index contributed by atoms with van der Waals surface area (Å²) in [5.41, 5.74) is 0. The van der Waals surface area contributed by atoms with Crippen molar-refractivity contribution in [3.8, 4) is 0 Å². The molecule has 1 aliphatic rings. The third-order valence-electron chi connectivity index (χ3n) is 4.26. The molecule has 0 saturated carbocycles. The number of rotatable bonds is 6. The van der Waals surface area contributed by atoms with Crippen molar-refractivity contribution in [3.05, 3.63) is 30.1 Å². The van der Waals surface area contributed by atoms with Crippen LogP contribution in [0.15, 0.2) is 29.2 Å². The number of piperidine rings is 1. The third kappa shape index (κ3) is 4.31. The van der Waals surface area contributed by atoms with Gasteiger partial charge in [-0.15, -0.1) is 0 Å². The molecule has 1 aliphatic heterocycles. The second-order valence-electron chi connectivity index (χ2n) is 6.02. The van der Waals surface area contributed by atoms with Crippen LogP contribution in [0.1, 0.15) is 12.8 Å². The molecule has 6 nitrogen and oxygen atoms in total. The van der Waals surface area contributed by atoms with Gasteiger partial charge in [-0.3, -0.25) is 4.79 Å². The Balaban J connectivity index is 2.09. The van der Waals surface area contributed by atoms with Gasteiger partial charge in [0, 0.05) is 33.2 Å². The summed E-state index contributed by atoms with van der Waals surface area (Å²) in [6.45, 7) is 1.81. The zero-order valence-electron chi connectivity index (χ0n) is 14.0. The third-order valence-corrected chi connectivity index (χ3v) is 6.14. The van der Waals surface area contributed by atoms with E-state index in [0.717, 1.165) is 12.1 Å². The molecule has 1 amide bonds. The Morgan fingerprint density at radius 3 is 2.67 bits per heavy atom. The van der Waals surface area contributed by atoms with E-state index >= 15 is 0 Å². The lowest BCUT2D eigenvalue weighted by Crippen LogP contribution is -2.46. The molecular formula is C16H24FN3O3S. The fourth-order valence-electron chi connectivity index (χ4n) is 2.82. The molecule has 134 valence electrons. The van der Waals surface area contributed by atoms with Crippen LogP contribution >= 0.6 is 0 Å². The second-order valence-corrected chi connectivity index (χ2v) is 7.96. The highest BCUT2D eigenvalue weighted by molar-refractivity contribution is 7.89. The van der Waals surface area contributed by atoms with Crippen LogP contribution in [0, 0.1) is 11.7 Å². The van der Waals surface area contributed by atoms with Crippen molar-refractivity contribution in [1.82, 2.24) is 14.5 Å². The highest BCUT2D eigenvalue weighted by atomic mass is 32.2. The Morgan fingerprint density at radius 1 is 1.38 bits per heavy atom. The Hall–Kier alpha value is -1.51. The maximum atomic E-state index is 13.0. The van der Waals surface area contributed by atoms with Gasteiger partial charge in [-0.2, -0.15) is 4.31 Å². The van der Waals surface area contributed by atoms with Crippen LogP contribution in [0.4, 0.5) is 4.39 Å². The van der Waals surface area contributed by atoms with Crippen LogP contribution in [0.5, 0.6) is 0 Å². The van der Waals surface area contributed by atoms with Crippen molar-refractivity contribution in [2.75, 3.05) is 40.3 Å². The molecule has 0 spiro atoms. The summed E-state index contributed by atoms with van der Waals surface area (Å²) in [4.78, 5) is 14.2. The minimum Gasteiger partial charge on any atom is -0.344 e. The summed E-state index contributed by atoms with van der Waals surface area (Å²) in [7, 11) is -0.160.